The molecular formula is C19H18BrN3O2. The van der Waals surface area contributed by atoms with Crippen LogP contribution >= 0.6 is 15.9 Å². The van der Waals surface area contributed by atoms with E-state index in [1.807, 2.05) is 38.1 Å². The van der Waals surface area contributed by atoms with Crippen LogP contribution < -0.4 is 10.9 Å². The summed E-state index contributed by atoms with van der Waals surface area (Å²) in [6.45, 7) is 4.21. The van der Waals surface area contributed by atoms with Gasteiger partial charge in [-0.25, -0.2) is 4.98 Å². The van der Waals surface area contributed by atoms with Crippen molar-refractivity contribution >= 4 is 38.4 Å². The summed E-state index contributed by atoms with van der Waals surface area (Å²) in [6.07, 6.45) is 1.69. The first-order chi connectivity index (χ1) is 11.9. The van der Waals surface area contributed by atoms with Gasteiger partial charge in [0.1, 0.15) is 0 Å². The number of aryl methyl sites for hydroxylation is 3. The molecule has 5 nitrogen and oxygen atoms in total. The van der Waals surface area contributed by atoms with Gasteiger partial charge < -0.3 is 5.32 Å². The monoisotopic (exact) mass is 399 g/mol. The largest absolute Gasteiger partial charge is 0.326 e. The molecule has 128 valence electrons. The van der Waals surface area contributed by atoms with Crippen molar-refractivity contribution in [3.63, 3.8) is 0 Å². The zero-order valence-corrected chi connectivity index (χ0v) is 15.6. The Labute approximate surface area is 153 Å². The van der Waals surface area contributed by atoms with Crippen molar-refractivity contribution in [2.24, 2.45) is 0 Å². The second-order valence-electron chi connectivity index (χ2n) is 6.02. The number of nitrogens with one attached hydrogen (secondary N) is 1. The van der Waals surface area contributed by atoms with Crippen LogP contribution in [0, 0.1) is 13.8 Å². The summed E-state index contributed by atoms with van der Waals surface area (Å²) in [5.41, 5.74) is 3.39. The van der Waals surface area contributed by atoms with E-state index in [1.165, 1.54) is 10.9 Å². The fourth-order valence-corrected chi connectivity index (χ4v) is 2.96. The third-order valence-corrected chi connectivity index (χ3v) is 4.53. The van der Waals surface area contributed by atoms with Crippen LogP contribution in [-0.4, -0.2) is 15.5 Å². The number of carbonyl (C=O) groups is 1. The number of carbonyl (C=O) groups excluding carboxylic acids is 1. The van der Waals surface area contributed by atoms with Crippen molar-refractivity contribution in [3.05, 3.63) is 68.7 Å². The third-order valence-electron chi connectivity index (χ3n) is 4.03. The average Bonchev–Trinajstić information content (AvgIpc) is 2.58. The minimum absolute atomic E-state index is 0.130. The van der Waals surface area contributed by atoms with Gasteiger partial charge in [-0.2, -0.15) is 0 Å². The number of rotatable bonds is 4. The smallest absolute Gasteiger partial charge is 0.261 e. The molecule has 0 saturated heterocycles. The number of amides is 1. The van der Waals surface area contributed by atoms with Gasteiger partial charge in [0.15, 0.2) is 0 Å². The second-order valence-corrected chi connectivity index (χ2v) is 6.94. The minimum Gasteiger partial charge on any atom is -0.326 e. The number of halogens is 1. The first-order valence-electron chi connectivity index (χ1n) is 7.96. The Balaban J connectivity index is 1.74. The molecule has 0 unspecified atom stereocenters. The van der Waals surface area contributed by atoms with E-state index in [2.05, 4.69) is 26.2 Å². The van der Waals surface area contributed by atoms with Crippen LogP contribution in [0.4, 0.5) is 5.69 Å². The van der Waals surface area contributed by atoms with Crippen LogP contribution in [-0.2, 0) is 11.3 Å². The first-order valence-corrected chi connectivity index (χ1v) is 8.75. The van der Waals surface area contributed by atoms with Crippen LogP contribution in [0.3, 0.4) is 0 Å². The molecule has 0 aliphatic rings. The highest BCUT2D eigenvalue weighted by atomic mass is 79.9. The first kappa shape index (κ1) is 17.4. The highest BCUT2D eigenvalue weighted by molar-refractivity contribution is 9.10. The van der Waals surface area contributed by atoms with Crippen molar-refractivity contribution in [2.45, 2.75) is 26.8 Å². The summed E-state index contributed by atoms with van der Waals surface area (Å²) in [5, 5.41) is 3.44. The topological polar surface area (TPSA) is 64.0 Å². The molecular weight excluding hydrogens is 382 g/mol. The molecule has 1 heterocycles. The highest BCUT2D eigenvalue weighted by Crippen LogP contribution is 2.17. The van der Waals surface area contributed by atoms with E-state index >= 15 is 0 Å². The quantitative estimate of drug-likeness (QED) is 0.725. The van der Waals surface area contributed by atoms with Crippen LogP contribution in [0.2, 0.25) is 0 Å². The maximum Gasteiger partial charge on any atom is 0.261 e. The molecule has 0 aliphatic carbocycles. The fraction of sp³-hybridized carbons (Fsp3) is 0.211. The Morgan fingerprint density at radius 3 is 2.80 bits per heavy atom. The third kappa shape index (κ3) is 3.96. The SMILES string of the molecule is Cc1ccc(C)c(NC(=O)CCn2cnc3ccc(Br)cc3c2=O)c1. The molecule has 3 rings (SSSR count). The van der Waals surface area contributed by atoms with E-state index in [0.29, 0.717) is 10.9 Å². The Bertz CT molecular complexity index is 1010. The molecule has 0 spiro atoms. The van der Waals surface area contributed by atoms with E-state index in [-0.39, 0.29) is 24.4 Å². The molecule has 0 aliphatic heterocycles. The molecule has 0 atom stereocenters. The molecule has 3 aromatic rings. The van der Waals surface area contributed by atoms with Gasteiger partial charge in [-0.1, -0.05) is 28.1 Å². The Hall–Kier alpha value is -2.47. The summed E-state index contributed by atoms with van der Waals surface area (Å²) in [6, 6.07) is 11.3. The van der Waals surface area contributed by atoms with Gasteiger partial charge in [0, 0.05) is 23.1 Å². The number of benzene rings is 2. The van der Waals surface area contributed by atoms with Gasteiger partial charge in [0.2, 0.25) is 5.91 Å². The van der Waals surface area contributed by atoms with Crippen LogP contribution in [0.5, 0.6) is 0 Å². The van der Waals surface area contributed by atoms with Gasteiger partial charge in [0.25, 0.3) is 5.56 Å². The van der Waals surface area contributed by atoms with E-state index in [1.54, 1.807) is 12.1 Å². The van der Waals surface area contributed by atoms with E-state index in [9.17, 15) is 9.59 Å². The van der Waals surface area contributed by atoms with Crippen molar-refractivity contribution in [3.8, 4) is 0 Å². The second kappa shape index (κ2) is 7.19. The lowest BCUT2D eigenvalue weighted by molar-refractivity contribution is -0.116. The molecule has 1 N–H and O–H groups in total. The lowest BCUT2D eigenvalue weighted by atomic mass is 10.1. The van der Waals surface area contributed by atoms with Crippen LogP contribution in [0.25, 0.3) is 10.9 Å². The zero-order valence-electron chi connectivity index (χ0n) is 14.0. The number of fused-ring (bicyclic) bond motifs is 1. The standard InChI is InChI=1S/C19H18BrN3O2/c1-12-3-4-13(2)17(9-12)22-18(24)7-8-23-11-21-16-6-5-14(20)10-15(16)19(23)25/h3-6,9-11H,7-8H2,1-2H3,(H,22,24). The van der Waals surface area contributed by atoms with E-state index in [0.717, 1.165) is 21.3 Å². The Morgan fingerprint density at radius 1 is 1.20 bits per heavy atom. The molecule has 6 heteroatoms. The molecule has 0 bridgehead atoms. The molecule has 0 fully saturated rings. The summed E-state index contributed by atoms with van der Waals surface area (Å²) in [4.78, 5) is 29.0. The summed E-state index contributed by atoms with van der Waals surface area (Å²) in [7, 11) is 0. The number of nitrogens with zero attached hydrogens (tertiary/aromatic N) is 2. The molecule has 25 heavy (non-hydrogen) atoms. The normalized spacial score (nSPS) is 10.8. The van der Waals surface area contributed by atoms with Crippen molar-refractivity contribution in [1.82, 2.24) is 9.55 Å². The lowest BCUT2D eigenvalue weighted by Gasteiger charge is -2.10. The van der Waals surface area contributed by atoms with E-state index < -0.39 is 0 Å². The highest BCUT2D eigenvalue weighted by Gasteiger charge is 2.08. The van der Waals surface area contributed by atoms with Crippen molar-refractivity contribution in [1.29, 1.82) is 0 Å². The minimum atomic E-state index is -0.147. The summed E-state index contributed by atoms with van der Waals surface area (Å²) >= 11 is 3.36. The number of anilines is 1. The molecule has 2 aromatic carbocycles. The maximum atomic E-state index is 12.5. The Kier molecular flexibility index (Phi) is 4.99. The molecule has 0 saturated carbocycles. The number of hydrogen-bond acceptors (Lipinski definition) is 3. The van der Waals surface area contributed by atoms with E-state index in [4.69, 9.17) is 0 Å². The maximum absolute atomic E-state index is 12.5. The number of aromatic nitrogens is 2. The predicted molar refractivity (Wildman–Crippen MR) is 103 cm³/mol. The van der Waals surface area contributed by atoms with Gasteiger partial charge >= 0.3 is 0 Å². The lowest BCUT2D eigenvalue weighted by Crippen LogP contribution is -2.23. The summed E-state index contributed by atoms with van der Waals surface area (Å²) < 4.78 is 2.29. The van der Waals surface area contributed by atoms with Gasteiger partial charge in [0.05, 0.1) is 17.2 Å². The van der Waals surface area contributed by atoms with Crippen molar-refractivity contribution in [2.75, 3.05) is 5.32 Å². The Morgan fingerprint density at radius 2 is 2.00 bits per heavy atom. The number of hydrogen-bond donors (Lipinski definition) is 1. The summed E-state index contributed by atoms with van der Waals surface area (Å²) in [5.74, 6) is -0.130. The van der Waals surface area contributed by atoms with Crippen LogP contribution in [0.1, 0.15) is 17.5 Å². The molecule has 0 radical (unpaired) electrons. The average molecular weight is 400 g/mol. The van der Waals surface area contributed by atoms with Crippen LogP contribution in [0.15, 0.2) is 52.0 Å². The molecule has 1 aromatic heterocycles. The zero-order chi connectivity index (χ0) is 18.0. The van der Waals surface area contributed by atoms with Gasteiger partial charge in [-0.15, -0.1) is 0 Å². The van der Waals surface area contributed by atoms with Gasteiger partial charge in [-0.3, -0.25) is 14.2 Å². The fourth-order valence-electron chi connectivity index (χ4n) is 2.60. The molecule has 1 amide bonds. The van der Waals surface area contributed by atoms with Gasteiger partial charge in [-0.05, 0) is 49.2 Å². The predicted octanol–water partition coefficient (Wildman–Crippen LogP) is 3.80. The van der Waals surface area contributed by atoms with Crippen molar-refractivity contribution < 1.29 is 4.79 Å².